The number of nitrogens with one attached hydrogen (secondary N) is 1. The highest BCUT2D eigenvalue weighted by molar-refractivity contribution is 5.85. The summed E-state index contributed by atoms with van der Waals surface area (Å²) in [6, 6.07) is 0.348. The predicted octanol–water partition coefficient (Wildman–Crippen LogP) is 3.28. The third kappa shape index (κ3) is 3.97. The third-order valence-corrected chi connectivity index (χ3v) is 3.31. The molecule has 2 aromatic rings. The zero-order valence-electron chi connectivity index (χ0n) is 12.9. The zero-order chi connectivity index (χ0) is 14.7. The predicted molar refractivity (Wildman–Crippen MR) is 84.9 cm³/mol. The van der Waals surface area contributed by atoms with Crippen LogP contribution in [0.1, 0.15) is 36.7 Å². The van der Waals surface area contributed by atoms with E-state index in [1.807, 2.05) is 18.5 Å². The number of alkyl halides is 1. The molecule has 0 unspecified atom stereocenters. The van der Waals surface area contributed by atoms with Crippen LogP contribution in [0.4, 0.5) is 10.2 Å². The van der Waals surface area contributed by atoms with Gasteiger partial charge in [0.2, 0.25) is 0 Å². The van der Waals surface area contributed by atoms with Crippen LogP contribution in [0, 0.1) is 13.8 Å². The number of nitrogens with zero attached hydrogens (tertiary/aromatic N) is 4. The van der Waals surface area contributed by atoms with Crippen molar-refractivity contribution in [3.8, 4) is 0 Å². The molecule has 0 saturated heterocycles. The molecule has 0 aliphatic rings. The van der Waals surface area contributed by atoms with E-state index in [9.17, 15) is 4.39 Å². The van der Waals surface area contributed by atoms with E-state index in [0.717, 1.165) is 22.6 Å². The molecule has 0 fully saturated rings. The van der Waals surface area contributed by atoms with Gasteiger partial charge < -0.3 is 5.32 Å². The van der Waals surface area contributed by atoms with Gasteiger partial charge in [-0.15, -0.1) is 12.4 Å². The largest absolute Gasteiger partial charge is 0.366 e. The minimum Gasteiger partial charge on any atom is -0.366 e. The van der Waals surface area contributed by atoms with Gasteiger partial charge in [-0.1, -0.05) is 0 Å². The summed E-state index contributed by atoms with van der Waals surface area (Å²) >= 11 is 0. The maximum absolute atomic E-state index is 12.5. The smallest absolute Gasteiger partial charge is 0.127 e. The molecule has 1 N–H and O–H groups in total. The highest BCUT2D eigenvalue weighted by Gasteiger charge is 2.10. The first kappa shape index (κ1) is 17.5. The van der Waals surface area contributed by atoms with Gasteiger partial charge in [0.25, 0.3) is 0 Å². The summed E-state index contributed by atoms with van der Waals surface area (Å²) in [4.78, 5) is 0. The summed E-state index contributed by atoms with van der Waals surface area (Å²) in [7, 11) is 0. The van der Waals surface area contributed by atoms with Crippen LogP contribution in [0.5, 0.6) is 0 Å². The molecule has 0 amide bonds. The minimum absolute atomic E-state index is 0. The average molecular weight is 316 g/mol. The van der Waals surface area contributed by atoms with Crippen molar-refractivity contribution in [2.75, 3.05) is 12.0 Å². The quantitative estimate of drug-likeness (QED) is 0.890. The highest BCUT2D eigenvalue weighted by atomic mass is 35.5. The first-order valence-corrected chi connectivity index (χ1v) is 6.89. The average Bonchev–Trinajstić information content (AvgIpc) is 2.92. The lowest BCUT2D eigenvalue weighted by Gasteiger charge is -2.09. The van der Waals surface area contributed by atoms with Gasteiger partial charge in [0, 0.05) is 29.9 Å². The molecule has 2 rings (SSSR count). The van der Waals surface area contributed by atoms with E-state index in [1.54, 1.807) is 10.9 Å². The maximum Gasteiger partial charge on any atom is 0.127 e. The molecule has 0 atom stereocenters. The van der Waals surface area contributed by atoms with Gasteiger partial charge in [-0.25, -0.2) is 9.07 Å². The lowest BCUT2D eigenvalue weighted by Crippen LogP contribution is -2.10. The van der Waals surface area contributed by atoms with Gasteiger partial charge in [0.15, 0.2) is 0 Å². The normalized spacial score (nSPS) is 10.8. The minimum atomic E-state index is -0.417. The van der Waals surface area contributed by atoms with E-state index in [-0.39, 0.29) is 19.0 Å². The topological polar surface area (TPSA) is 47.7 Å². The number of hydrogen-bond acceptors (Lipinski definition) is 3. The molecular weight excluding hydrogens is 293 g/mol. The molecule has 2 heterocycles. The van der Waals surface area contributed by atoms with Crippen molar-refractivity contribution in [3.63, 3.8) is 0 Å². The van der Waals surface area contributed by atoms with Crippen LogP contribution in [-0.2, 0) is 13.1 Å². The Bertz CT molecular complexity index is 576. The summed E-state index contributed by atoms with van der Waals surface area (Å²) in [5.41, 5.74) is 3.18. The molecule has 0 aliphatic carbocycles. The number of hydrogen-bond donors (Lipinski definition) is 1. The summed E-state index contributed by atoms with van der Waals surface area (Å²) in [5.74, 6) is 0.874. The van der Waals surface area contributed by atoms with Crippen molar-refractivity contribution >= 4 is 18.2 Å². The fraction of sp³-hybridized carbons (Fsp3) is 0.571. The molecule has 0 aliphatic heterocycles. The van der Waals surface area contributed by atoms with E-state index in [4.69, 9.17) is 0 Å². The summed E-state index contributed by atoms with van der Waals surface area (Å²) in [5, 5.41) is 12.0. The van der Waals surface area contributed by atoms with Gasteiger partial charge in [0.1, 0.15) is 12.5 Å². The van der Waals surface area contributed by atoms with Crippen molar-refractivity contribution in [3.05, 3.63) is 29.2 Å². The molecule has 5 nitrogen and oxygen atoms in total. The maximum atomic E-state index is 12.5. The Labute approximate surface area is 130 Å². The molecule has 2 aromatic heterocycles. The monoisotopic (exact) mass is 315 g/mol. The van der Waals surface area contributed by atoms with Gasteiger partial charge in [-0.3, -0.25) is 4.68 Å². The highest BCUT2D eigenvalue weighted by Crippen LogP contribution is 2.17. The SMILES string of the molecule is Cc1cnn(CCF)c1NCc1cn(C(C)C)nc1C.Cl. The van der Waals surface area contributed by atoms with Crippen LogP contribution in [0.25, 0.3) is 0 Å². The van der Waals surface area contributed by atoms with Crippen LogP contribution >= 0.6 is 12.4 Å². The molecule has 0 saturated carbocycles. The van der Waals surface area contributed by atoms with Crippen molar-refractivity contribution in [1.29, 1.82) is 0 Å². The molecule has 7 heteroatoms. The van der Waals surface area contributed by atoms with Crippen LogP contribution in [0.2, 0.25) is 0 Å². The fourth-order valence-corrected chi connectivity index (χ4v) is 2.10. The van der Waals surface area contributed by atoms with Crippen molar-refractivity contribution < 1.29 is 4.39 Å². The summed E-state index contributed by atoms with van der Waals surface area (Å²) in [6.07, 6.45) is 3.81. The second-order valence-corrected chi connectivity index (χ2v) is 5.26. The van der Waals surface area contributed by atoms with E-state index in [1.165, 1.54) is 0 Å². The Balaban J connectivity index is 0.00000220. The molecule has 118 valence electrons. The Morgan fingerprint density at radius 3 is 2.62 bits per heavy atom. The van der Waals surface area contributed by atoms with Crippen LogP contribution in [-0.4, -0.2) is 26.2 Å². The van der Waals surface area contributed by atoms with Gasteiger partial charge in [-0.05, 0) is 27.7 Å². The fourth-order valence-electron chi connectivity index (χ4n) is 2.10. The number of aryl methyl sites for hydroxylation is 3. The summed E-state index contributed by atoms with van der Waals surface area (Å²) in [6.45, 7) is 8.70. The van der Waals surface area contributed by atoms with E-state index >= 15 is 0 Å². The van der Waals surface area contributed by atoms with Crippen LogP contribution < -0.4 is 5.32 Å². The number of anilines is 1. The molecular formula is C14H23ClFN5. The van der Waals surface area contributed by atoms with E-state index in [0.29, 0.717) is 12.6 Å². The zero-order valence-corrected chi connectivity index (χ0v) is 13.7. The first-order valence-electron chi connectivity index (χ1n) is 6.89. The van der Waals surface area contributed by atoms with Crippen molar-refractivity contribution in [2.24, 2.45) is 0 Å². The molecule has 0 spiro atoms. The lowest BCUT2D eigenvalue weighted by molar-refractivity contribution is 0.429. The number of rotatable bonds is 6. The Hall–Kier alpha value is -1.56. The van der Waals surface area contributed by atoms with E-state index in [2.05, 4.69) is 35.6 Å². The first-order chi connectivity index (χ1) is 9.52. The van der Waals surface area contributed by atoms with Gasteiger partial charge >= 0.3 is 0 Å². The molecule has 21 heavy (non-hydrogen) atoms. The standard InChI is InChI=1S/C14H22FN5.ClH/c1-10(2)20-9-13(12(4)18-20)8-16-14-11(3)7-17-19(14)6-5-15;/h7,9-10,16H,5-6,8H2,1-4H3;1H. The van der Waals surface area contributed by atoms with Crippen molar-refractivity contribution in [2.45, 2.75) is 46.8 Å². The Morgan fingerprint density at radius 1 is 1.33 bits per heavy atom. The van der Waals surface area contributed by atoms with Gasteiger partial charge in [0.05, 0.1) is 18.4 Å². The van der Waals surface area contributed by atoms with Gasteiger partial charge in [-0.2, -0.15) is 10.2 Å². The van der Waals surface area contributed by atoms with Crippen molar-refractivity contribution in [1.82, 2.24) is 19.6 Å². The summed E-state index contributed by atoms with van der Waals surface area (Å²) < 4.78 is 16.1. The second-order valence-electron chi connectivity index (χ2n) is 5.26. The second kappa shape index (κ2) is 7.45. The number of halogens is 2. The van der Waals surface area contributed by atoms with E-state index < -0.39 is 6.67 Å². The van der Waals surface area contributed by atoms with Crippen LogP contribution in [0.15, 0.2) is 12.4 Å². The van der Waals surface area contributed by atoms with Crippen LogP contribution in [0.3, 0.4) is 0 Å². The molecule has 0 radical (unpaired) electrons. The molecule has 0 bridgehead atoms. The third-order valence-electron chi connectivity index (χ3n) is 3.31. The Kier molecular flexibility index (Phi) is 6.20. The Morgan fingerprint density at radius 2 is 2.05 bits per heavy atom. The molecule has 0 aromatic carbocycles. The number of aromatic nitrogens is 4. The lowest BCUT2D eigenvalue weighted by atomic mass is 10.2.